The molecule has 26 heavy (non-hydrogen) atoms. The largest absolute Gasteiger partial charge is 0.274 e. The van der Waals surface area contributed by atoms with Crippen LogP contribution in [0, 0.1) is 22.0 Å². The number of imide groups is 1. The predicted molar refractivity (Wildman–Crippen MR) is 95.6 cm³/mol. The number of nitro groups is 1. The van der Waals surface area contributed by atoms with Crippen molar-refractivity contribution in [2.75, 3.05) is 4.90 Å². The van der Waals surface area contributed by atoms with E-state index in [1.165, 1.54) is 23.8 Å². The second kappa shape index (κ2) is 6.37. The van der Waals surface area contributed by atoms with E-state index in [4.69, 9.17) is 0 Å². The van der Waals surface area contributed by atoms with Crippen LogP contribution in [-0.4, -0.2) is 16.7 Å². The average Bonchev–Trinajstić information content (AvgIpc) is 2.92. The van der Waals surface area contributed by atoms with Gasteiger partial charge in [0.05, 0.1) is 22.4 Å². The molecule has 6 nitrogen and oxygen atoms in total. The maximum absolute atomic E-state index is 12.9. The lowest BCUT2D eigenvalue weighted by atomic mass is 9.73. The number of fused-ring (bicyclic) bond motifs is 1. The second-order valence-corrected chi connectivity index (χ2v) is 6.92. The van der Waals surface area contributed by atoms with Crippen LogP contribution in [0.1, 0.15) is 30.7 Å². The van der Waals surface area contributed by atoms with Crippen molar-refractivity contribution >= 4 is 23.2 Å². The Kier molecular flexibility index (Phi) is 4.03. The summed E-state index contributed by atoms with van der Waals surface area (Å²) in [5, 5.41) is 11.0. The van der Waals surface area contributed by atoms with Crippen molar-refractivity contribution in [2.24, 2.45) is 11.8 Å². The third kappa shape index (κ3) is 2.67. The highest BCUT2D eigenvalue weighted by Gasteiger charge is 2.50. The monoisotopic (exact) mass is 350 g/mol. The molecule has 1 saturated heterocycles. The zero-order chi connectivity index (χ0) is 18.3. The molecule has 1 aliphatic heterocycles. The minimum atomic E-state index is -0.521. The summed E-state index contributed by atoms with van der Waals surface area (Å²) >= 11 is 0. The summed E-state index contributed by atoms with van der Waals surface area (Å²) in [6, 6.07) is 15.8. The van der Waals surface area contributed by atoms with Gasteiger partial charge in [0, 0.05) is 12.1 Å². The number of amides is 2. The Balaban J connectivity index is 1.61. The lowest BCUT2D eigenvalue weighted by Crippen LogP contribution is -2.30. The van der Waals surface area contributed by atoms with Gasteiger partial charge in [-0.3, -0.25) is 19.7 Å². The van der Waals surface area contributed by atoms with Gasteiger partial charge in [-0.2, -0.15) is 0 Å². The fourth-order valence-electron chi connectivity index (χ4n) is 4.21. The van der Waals surface area contributed by atoms with Crippen LogP contribution in [-0.2, 0) is 9.59 Å². The third-order valence-electron chi connectivity index (χ3n) is 5.50. The molecule has 6 heteroatoms. The molecular formula is C20H18N2O4. The van der Waals surface area contributed by atoms with Gasteiger partial charge in [-0.15, -0.1) is 0 Å². The van der Waals surface area contributed by atoms with E-state index >= 15 is 0 Å². The first-order valence-corrected chi connectivity index (χ1v) is 8.73. The van der Waals surface area contributed by atoms with E-state index in [1.807, 2.05) is 18.2 Å². The number of benzene rings is 2. The van der Waals surface area contributed by atoms with Gasteiger partial charge in [0.2, 0.25) is 11.8 Å². The van der Waals surface area contributed by atoms with Crippen LogP contribution in [0.25, 0.3) is 0 Å². The van der Waals surface area contributed by atoms with E-state index < -0.39 is 4.92 Å². The molecule has 132 valence electrons. The SMILES string of the molecule is O=C1[C@H]2CC[C@H](c3ccccc3)C[C@H]2C(=O)N1c1cccc([N+](=O)[O-])c1. The maximum atomic E-state index is 12.9. The molecule has 4 rings (SSSR count). The number of carbonyl (C=O) groups is 2. The fraction of sp³-hybridized carbons (Fsp3) is 0.300. The van der Waals surface area contributed by atoms with Crippen LogP contribution >= 0.6 is 0 Å². The van der Waals surface area contributed by atoms with Gasteiger partial charge in [-0.1, -0.05) is 36.4 Å². The molecule has 1 aliphatic carbocycles. The highest BCUT2D eigenvalue weighted by molar-refractivity contribution is 6.22. The van der Waals surface area contributed by atoms with Crippen molar-refractivity contribution in [1.29, 1.82) is 0 Å². The number of hydrogen-bond acceptors (Lipinski definition) is 4. The smallest absolute Gasteiger partial charge is 0.271 e. The first-order valence-electron chi connectivity index (χ1n) is 8.73. The van der Waals surface area contributed by atoms with E-state index in [0.29, 0.717) is 18.5 Å². The van der Waals surface area contributed by atoms with Gasteiger partial charge in [0.15, 0.2) is 0 Å². The molecule has 2 amide bonds. The van der Waals surface area contributed by atoms with E-state index in [2.05, 4.69) is 12.1 Å². The molecular weight excluding hydrogens is 332 g/mol. The average molecular weight is 350 g/mol. The van der Waals surface area contributed by atoms with Crippen molar-refractivity contribution in [3.05, 3.63) is 70.3 Å². The molecule has 0 spiro atoms. The van der Waals surface area contributed by atoms with Crippen LogP contribution in [0.4, 0.5) is 11.4 Å². The Labute approximate surface area is 150 Å². The number of rotatable bonds is 3. The number of anilines is 1. The summed E-state index contributed by atoms with van der Waals surface area (Å²) in [6.45, 7) is 0. The Bertz CT molecular complexity index is 880. The molecule has 2 aromatic carbocycles. The standard InChI is InChI=1S/C20H18N2O4/c23-19-17-10-9-14(13-5-2-1-3-6-13)11-18(17)20(24)21(19)15-7-4-8-16(12-15)22(25)26/h1-8,12,14,17-18H,9-11H2/t14-,17-,18+/m0/s1. The predicted octanol–water partition coefficient (Wildman–Crippen LogP) is 3.67. The van der Waals surface area contributed by atoms with Crippen LogP contribution < -0.4 is 4.90 Å². The minimum absolute atomic E-state index is 0.125. The van der Waals surface area contributed by atoms with Crippen LogP contribution in [0.15, 0.2) is 54.6 Å². The molecule has 2 aliphatic rings. The van der Waals surface area contributed by atoms with E-state index in [9.17, 15) is 19.7 Å². The zero-order valence-corrected chi connectivity index (χ0v) is 14.1. The normalized spacial score (nSPS) is 25.2. The van der Waals surface area contributed by atoms with E-state index in [0.717, 1.165) is 11.3 Å². The molecule has 1 heterocycles. The molecule has 0 unspecified atom stereocenters. The fourth-order valence-corrected chi connectivity index (χ4v) is 4.21. The van der Waals surface area contributed by atoms with Crippen molar-refractivity contribution in [3.8, 4) is 0 Å². The van der Waals surface area contributed by atoms with Crippen molar-refractivity contribution in [3.63, 3.8) is 0 Å². The lowest BCUT2D eigenvalue weighted by Gasteiger charge is -2.28. The molecule has 0 aromatic heterocycles. The van der Waals surface area contributed by atoms with Crippen molar-refractivity contribution in [2.45, 2.75) is 25.2 Å². The Hall–Kier alpha value is -3.02. The number of non-ortho nitro benzene ring substituents is 1. The molecule has 3 atom stereocenters. The first kappa shape index (κ1) is 16.4. The number of nitro benzene ring substituents is 1. The molecule has 0 radical (unpaired) electrons. The number of nitrogens with zero attached hydrogens (tertiary/aromatic N) is 2. The van der Waals surface area contributed by atoms with Gasteiger partial charge >= 0.3 is 0 Å². The molecule has 0 N–H and O–H groups in total. The quantitative estimate of drug-likeness (QED) is 0.480. The van der Waals surface area contributed by atoms with Gasteiger partial charge in [0.1, 0.15) is 0 Å². The summed E-state index contributed by atoms with van der Waals surface area (Å²) < 4.78 is 0. The Morgan fingerprint density at radius 2 is 1.65 bits per heavy atom. The highest BCUT2D eigenvalue weighted by Crippen LogP contribution is 2.45. The van der Waals surface area contributed by atoms with Gasteiger partial charge in [0.25, 0.3) is 5.69 Å². The third-order valence-corrected chi connectivity index (χ3v) is 5.50. The molecule has 2 aromatic rings. The van der Waals surface area contributed by atoms with Crippen molar-refractivity contribution in [1.82, 2.24) is 0 Å². The van der Waals surface area contributed by atoms with Gasteiger partial charge in [-0.25, -0.2) is 4.90 Å². The second-order valence-electron chi connectivity index (χ2n) is 6.92. The van der Waals surface area contributed by atoms with E-state index in [1.54, 1.807) is 6.07 Å². The first-order chi connectivity index (χ1) is 12.6. The topological polar surface area (TPSA) is 80.5 Å². The van der Waals surface area contributed by atoms with Crippen LogP contribution in [0.3, 0.4) is 0 Å². The molecule has 0 bridgehead atoms. The Morgan fingerprint density at radius 3 is 2.38 bits per heavy atom. The molecule has 1 saturated carbocycles. The van der Waals surface area contributed by atoms with Crippen LogP contribution in [0.2, 0.25) is 0 Å². The Morgan fingerprint density at radius 1 is 0.923 bits per heavy atom. The minimum Gasteiger partial charge on any atom is -0.274 e. The summed E-state index contributed by atoms with van der Waals surface area (Å²) in [5.41, 5.74) is 1.36. The zero-order valence-electron chi connectivity index (χ0n) is 14.1. The maximum Gasteiger partial charge on any atom is 0.271 e. The number of hydrogen-bond donors (Lipinski definition) is 0. The number of carbonyl (C=O) groups excluding carboxylic acids is 2. The summed E-state index contributed by atoms with van der Waals surface area (Å²) in [4.78, 5) is 37.4. The van der Waals surface area contributed by atoms with E-state index in [-0.39, 0.29) is 35.3 Å². The summed E-state index contributed by atoms with van der Waals surface area (Å²) in [7, 11) is 0. The van der Waals surface area contributed by atoms with Crippen molar-refractivity contribution < 1.29 is 14.5 Å². The molecule has 2 fully saturated rings. The van der Waals surface area contributed by atoms with Gasteiger partial charge in [-0.05, 0) is 36.8 Å². The summed E-state index contributed by atoms with van der Waals surface area (Å²) in [6.07, 6.45) is 2.18. The lowest BCUT2D eigenvalue weighted by molar-refractivity contribution is -0.384. The highest BCUT2D eigenvalue weighted by atomic mass is 16.6. The summed E-state index contributed by atoms with van der Waals surface area (Å²) in [5.74, 6) is -0.866. The van der Waals surface area contributed by atoms with Crippen LogP contribution in [0.5, 0.6) is 0 Å². The van der Waals surface area contributed by atoms with Gasteiger partial charge < -0.3 is 0 Å².